The summed E-state index contributed by atoms with van der Waals surface area (Å²) in [6.45, 7) is 12.7. The van der Waals surface area contributed by atoms with Gasteiger partial charge in [-0.05, 0) is 60.7 Å². The minimum absolute atomic E-state index is 0.0781. The maximum absolute atomic E-state index is 13.4. The van der Waals surface area contributed by atoms with Crippen LogP contribution in [0.1, 0.15) is 58.2 Å². The third kappa shape index (κ3) is 5.81. The van der Waals surface area contributed by atoms with Crippen molar-refractivity contribution in [3.05, 3.63) is 126 Å². The molecule has 4 nitrogen and oxygen atoms in total. The van der Waals surface area contributed by atoms with E-state index < -0.39 is 5.79 Å². The number of aromatic nitrogens is 2. The predicted molar refractivity (Wildman–Crippen MR) is 162 cm³/mol. The van der Waals surface area contributed by atoms with Crippen LogP contribution in [0.15, 0.2) is 109 Å². The van der Waals surface area contributed by atoms with Crippen LogP contribution in [-0.2, 0) is 15.9 Å². The summed E-state index contributed by atoms with van der Waals surface area (Å²) in [4.78, 5) is 0. The largest absolute Gasteiger partial charge is 0.346 e. The summed E-state index contributed by atoms with van der Waals surface area (Å²) >= 11 is 0. The highest BCUT2D eigenvalue weighted by Gasteiger charge is 2.61. The lowest BCUT2D eigenvalue weighted by Crippen LogP contribution is -2.46. The second kappa shape index (κ2) is 13.2. The summed E-state index contributed by atoms with van der Waals surface area (Å²) in [6.07, 6.45) is 15.6. The molecule has 0 radical (unpaired) electrons. The van der Waals surface area contributed by atoms with E-state index in [2.05, 4.69) is 43.8 Å². The number of benzene rings is 2. The number of halogens is 1. The van der Waals surface area contributed by atoms with E-state index in [-0.39, 0.29) is 17.3 Å². The maximum atomic E-state index is 13.4. The molecule has 3 atom stereocenters. The molecule has 2 aromatic carbocycles. The van der Waals surface area contributed by atoms with Crippen LogP contribution in [0, 0.1) is 11.2 Å². The van der Waals surface area contributed by atoms with E-state index in [1.54, 1.807) is 18.2 Å². The monoisotopic (exact) mass is 540 g/mol. The van der Waals surface area contributed by atoms with Gasteiger partial charge >= 0.3 is 0 Å². The molecule has 0 N–H and O–H groups in total. The molecule has 0 bridgehead atoms. The first-order chi connectivity index (χ1) is 19.5. The molecular formula is C35H41FN2O2. The summed E-state index contributed by atoms with van der Waals surface area (Å²) in [6, 6.07) is 18.5. The summed E-state index contributed by atoms with van der Waals surface area (Å²) in [7, 11) is 0. The highest BCUT2D eigenvalue weighted by Crippen LogP contribution is 2.59. The van der Waals surface area contributed by atoms with Crippen molar-refractivity contribution in [2.45, 2.75) is 65.3 Å². The zero-order valence-electron chi connectivity index (χ0n) is 24.1. The molecule has 6 rings (SSSR count). The Morgan fingerprint density at radius 1 is 1.12 bits per heavy atom. The molecule has 2 aliphatic carbocycles. The van der Waals surface area contributed by atoms with Gasteiger partial charge in [-0.2, -0.15) is 5.10 Å². The topological polar surface area (TPSA) is 36.3 Å². The molecule has 3 aromatic rings. The Bertz CT molecular complexity index is 1330. The van der Waals surface area contributed by atoms with Crippen LogP contribution < -0.4 is 0 Å². The Morgan fingerprint density at radius 2 is 1.80 bits per heavy atom. The zero-order valence-corrected chi connectivity index (χ0v) is 24.1. The third-order valence-electron chi connectivity index (χ3n) is 7.79. The summed E-state index contributed by atoms with van der Waals surface area (Å²) in [5.41, 5.74) is 5.32. The van der Waals surface area contributed by atoms with Gasteiger partial charge in [-0.3, -0.25) is 0 Å². The molecule has 1 saturated carbocycles. The van der Waals surface area contributed by atoms with Crippen LogP contribution in [0.2, 0.25) is 0 Å². The van der Waals surface area contributed by atoms with Gasteiger partial charge in [-0.1, -0.05) is 101 Å². The van der Waals surface area contributed by atoms with Crippen molar-refractivity contribution in [3.8, 4) is 5.69 Å². The number of allylic oxidation sites excluding steroid dienone is 3. The maximum Gasteiger partial charge on any atom is 0.178 e. The van der Waals surface area contributed by atoms with Crippen molar-refractivity contribution < 1.29 is 13.9 Å². The first-order valence-corrected chi connectivity index (χ1v) is 14.3. The van der Waals surface area contributed by atoms with Crippen molar-refractivity contribution in [3.63, 3.8) is 0 Å². The van der Waals surface area contributed by atoms with E-state index in [1.165, 1.54) is 17.7 Å². The van der Waals surface area contributed by atoms with E-state index in [0.717, 1.165) is 48.2 Å². The minimum Gasteiger partial charge on any atom is -0.346 e. The standard InChI is InChI=1S/C27H29FN2O2.C6H6.C2H6/c1-4-6-8-19(7-5-2)25-18-31-27(32-25)14-13-21-15-24-20(16-26(21,27)3)17-29-30(24)23-11-9-22(28)10-12-23;1-2-4-6-5-3-1;1-2/h4,6-12,15,17,25H,1,5,13-14,16,18H2,2-3H3;1-6H;1-2H3/b8-6-,19-7+;;. The number of hydrogen-bond donors (Lipinski definition) is 0. The Kier molecular flexibility index (Phi) is 9.72. The summed E-state index contributed by atoms with van der Waals surface area (Å²) in [5.74, 6) is -0.878. The molecular weight excluding hydrogens is 499 g/mol. The molecule has 3 unspecified atom stereocenters. The van der Waals surface area contributed by atoms with Gasteiger partial charge in [0.1, 0.15) is 11.9 Å². The molecule has 1 aliphatic heterocycles. The molecule has 0 amide bonds. The van der Waals surface area contributed by atoms with Crippen molar-refractivity contribution in [1.29, 1.82) is 0 Å². The normalized spacial score (nSPS) is 24.9. The van der Waals surface area contributed by atoms with Crippen LogP contribution in [-0.4, -0.2) is 28.3 Å². The molecule has 40 heavy (non-hydrogen) atoms. The van der Waals surface area contributed by atoms with Crippen LogP contribution >= 0.6 is 0 Å². The molecule has 1 saturated heterocycles. The van der Waals surface area contributed by atoms with Gasteiger partial charge in [0.15, 0.2) is 5.79 Å². The van der Waals surface area contributed by atoms with Gasteiger partial charge in [0.2, 0.25) is 0 Å². The van der Waals surface area contributed by atoms with E-state index >= 15 is 0 Å². The Balaban J connectivity index is 0.000000404. The van der Waals surface area contributed by atoms with Crippen molar-refractivity contribution >= 4 is 6.08 Å². The fraction of sp³-hybridized carbons (Fsp3) is 0.343. The molecule has 2 fully saturated rings. The van der Waals surface area contributed by atoms with Crippen molar-refractivity contribution in [2.24, 2.45) is 5.41 Å². The lowest BCUT2D eigenvalue weighted by atomic mass is 9.72. The summed E-state index contributed by atoms with van der Waals surface area (Å²) in [5, 5.41) is 4.61. The average molecular weight is 541 g/mol. The van der Waals surface area contributed by atoms with Gasteiger partial charge < -0.3 is 9.47 Å². The molecule has 5 heteroatoms. The molecule has 3 aliphatic rings. The average Bonchev–Trinajstić information content (AvgIpc) is 3.69. The second-order valence-electron chi connectivity index (χ2n) is 10.2. The molecule has 2 heterocycles. The Labute approximate surface area is 238 Å². The van der Waals surface area contributed by atoms with Crippen molar-refractivity contribution in [2.75, 3.05) is 6.61 Å². The lowest BCUT2D eigenvalue weighted by molar-refractivity contribution is -0.215. The first-order valence-electron chi connectivity index (χ1n) is 14.3. The van der Waals surface area contributed by atoms with E-state index in [4.69, 9.17) is 9.47 Å². The molecule has 1 aromatic heterocycles. The van der Waals surface area contributed by atoms with Crippen LogP contribution in [0.5, 0.6) is 0 Å². The highest BCUT2D eigenvalue weighted by molar-refractivity contribution is 5.62. The van der Waals surface area contributed by atoms with E-state index in [0.29, 0.717) is 6.61 Å². The number of ether oxygens (including phenoxy) is 2. The van der Waals surface area contributed by atoms with Gasteiger partial charge in [-0.25, -0.2) is 9.07 Å². The highest BCUT2D eigenvalue weighted by atomic mass is 19.1. The Morgan fingerprint density at radius 3 is 2.42 bits per heavy atom. The Hall–Kier alpha value is -3.54. The number of nitrogens with zero attached hydrogens (tertiary/aromatic N) is 2. The number of hydrogen-bond acceptors (Lipinski definition) is 3. The molecule has 210 valence electrons. The van der Waals surface area contributed by atoms with Crippen LogP contribution in [0.3, 0.4) is 0 Å². The quantitative estimate of drug-likeness (QED) is 0.304. The SMILES string of the molecule is C=C/C=C\C(=C/CC)C1COC2(CCC3=Cc4c(cnn4-c4ccc(F)cc4)CC32C)O1.CC.c1ccccc1. The van der Waals surface area contributed by atoms with Gasteiger partial charge in [0.05, 0.1) is 24.2 Å². The fourth-order valence-corrected chi connectivity index (χ4v) is 5.79. The van der Waals surface area contributed by atoms with Crippen molar-refractivity contribution in [1.82, 2.24) is 9.78 Å². The minimum atomic E-state index is -0.631. The van der Waals surface area contributed by atoms with Gasteiger partial charge in [0.25, 0.3) is 0 Å². The van der Waals surface area contributed by atoms with E-state index in [1.807, 2.05) is 67.2 Å². The van der Waals surface area contributed by atoms with E-state index in [9.17, 15) is 4.39 Å². The first kappa shape index (κ1) is 29.4. The predicted octanol–water partition coefficient (Wildman–Crippen LogP) is 8.65. The van der Waals surface area contributed by atoms with Gasteiger partial charge in [-0.15, -0.1) is 0 Å². The van der Waals surface area contributed by atoms with Crippen LogP contribution in [0.25, 0.3) is 11.8 Å². The lowest BCUT2D eigenvalue weighted by Gasteiger charge is -2.42. The van der Waals surface area contributed by atoms with Crippen LogP contribution in [0.4, 0.5) is 4.39 Å². The summed E-state index contributed by atoms with van der Waals surface area (Å²) < 4.78 is 28.5. The molecule has 1 spiro atoms. The zero-order chi connectivity index (χ0) is 28.6. The second-order valence-corrected chi connectivity index (χ2v) is 10.2. The fourth-order valence-electron chi connectivity index (χ4n) is 5.79. The smallest absolute Gasteiger partial charge is 0.178 e. The number of fused-ring (bicyclic) bond motifs is 3. The number of rotatable bonds is 5. The third-order valence-corrected chi connectivity index (χ3v) is 7.79. The van der Waals surface area contributed by atoms with Gasteiger partial charge in [0, 0.05) is 11.8 Å².